The lowest BCUT2D eigenvalue weighted by atomic mass is 9.98. The van der Waals surface area contributed by atoms with E-state index in [9.17, 15) is 4.79 Å². The molecule has 1 fully saturated rings. The summed E-state index contributed by atoms with van der Waals surface area (Å²) in [5.41, 5.74) is 5.86. The Balaban J connectivity index is 2.22. The highest BCUT2D eigenvalue weighted by Gasteiger charge is 2.10. The van der Waals surface area contributed by atoms with Crippen LogP contribution < -0.4 is 10.9 Å². The predicted octanol–water partition coefficient (Wildman–Crippen LogP) is 2.43. The molecular weight excluding hydrogens is 220 g/mol. The Hall–Kier alpha value is -0.220. The molecule has 1 aliphatic rings. The quantitative estimate of drug-likeness (QED) is 0.527. The molecule has 0 radical (unpaired) electrons. The Morgan fingerprint density at radius 3 is 2.00 bits per heavy atom. The fraction of sp³-hybridized carbons (Fsp3) is 0.917. The van der Waals surface area contributed by atoms with Crippen LogP contribution in [0, 0.1) is 0 Å². The lowest BCUT2D eigenvalue weighted by Crippen LogP contribution is -2.45. The molecule has 0 unspecified atom stereocenters. The topological polar surface area (TPSA) is 41.1 Å². The number of hydrogen-bond donors (Lipinski definition) is 3. The summed E-state index contributed by atoms with van der Waals surface area (Å²) in [5, 5.41) is 0. The summed E-state index contributed by atoms with van der Waals surface area (Å²) in [4.78, 5) is 11.1. The van der Waals surface area contributed by atoms with E-state index >= 15 is 0 Å². The molecule has 1 rings (SSSR count). The maximum Gasteiger partial charge on any atom is 0.243 e. The predicted molar refractivity (Wildman–Crippen MR) is 70.5 cm³/mol. The third-order valence-corrected chi connectivity index (χ3v) is 3.45. The van der Waals surface area contributed by atoms with Gasteiger partial charge in [0.05, 0.1) is 5.75 Å². The number of carbonyl (C=O) groups is 1. The Morgan fingerprint density at radius 1 is 1.00 bits per heavy atom. The van der Waals surface area contributed by atoms with Gasteiger partial charge in [0.15, 0.2) is 0 Å². The van der Waals surface area contributed by atoms with Crippen LogP contribution in [0.2, 0.25) is 0 Å². The summed E-state index contributed by atoms with van der Waals surface area (Å²) in [6, 6.07) is 0.446. The van der Waals surface area contributed by atoms with Crippen LogP contribution in [0.25, 0.3) is 0 Å². The van der Waals surface area contributed by atoms with Gasteiger partial charge in [-0.1, -0.05) is 44.9 Å². The van der Waals surface area contributed by atoms with Gasteiger partial charge >= 0.3 is 0 Å². The second-order valence-electron chi connectivity index (χ2n) is 4.60. The van der Waals surface area contributed by atoms with E-state index in [0.717, 1.165) is 0 Å². The third kappa shape index (κ3) is 6.38. The van der Waals surface area contributed by atoms with Crippen LogP contribution in [-0.4, -0.2) is 17.7 Å². The van der Waals surface area contributed by atoms with Gasteiger partial charge < -0.3 is 0 Å². The highest BCUT2D eigenvalue weighted by atomic mass is 32.1. The van der Waals surface area contributed by atoms with Gasteiger partial charge in [0.25, 0.3) is 0 Å². The van der Waals surface area contributed by atoms with Gasteiger partial charge in [-0.05, 0) is 12.8 Å². The van der Waals surface area contributed by atoms with Crippen molar-refractivity contribution in [1.82, 2.24) is 10.9 Å². The van der Waals surface area contributed by atoms with Gasteiger partial charge in [0, 0.05) is 6.04 Å². The maximum atomic E-state index is 11.1. The molecule has 0 atom stereocenters. The second kappa shape index (κ2) is 8.88. The summed E-state index contributed by atoms with van der Waals surface area (Å²) in [6.45, 7) is 0. The van der Waals surface area contributed by atoms with E-state index in [2.05, 4.69) is 23.5 Å². The highest BCUT2D eigenvalue weighted by molar-refractivity contribution is 7.81. The van der Waals surface area contributed by atoms with Crippen LogP contribution in [0.3, 0.4) is 0 Å². The largest absolute Gasteiger partial charge is 0.291 e. The van der Waals surface area contributed by atoms with Crippen LogP contribution in [-0.2, 0) is 4.79 Å². The van der Waals surface area contributed by atoms with E-state index in [0.29, 0.717) is 6.04 Å². The van der Waals surface area contributed by atoms with Crippen molar-refractivity contribution in [2.45, 2.75) is 63.8 Å². The van der Waals surface area contributed by atoms with Crippen molar-refractivity contribution < 1.29 is 4.79 Å². The van der Waals surface area contributed by atoms with Crippen LogP contribution in [0.15, 0.2) is 0 Å². The first-order valence-corrected chi connectivity index (χ1v) is 7.11. The fourth-order valence-corrected chi connectivity index (χ4v) is 2.26. The van der Waals surface area contributed by atoms with Crippen molar-refractivity contribution in [3.05, 3.63) is 0 Å². The van der Waals surface area contributed by atoms with Crippen molar-refractivity contribution in [1.29, 1.82) is 0 Å². The van der Waals surface area contributed by atoms with E-state index in [1.54, 1.807) is 0 Å². The Morgan fingerprint density at radius 2 is 1.50 bits per heavy atom. The van der Waals surface area contributed by atoms with Crippen molar-refractivity contribution in [3.8, 4) is 0 Å². The molecule has 1 amide bonds. The first kappa shape index (κ1) is 13.8. The van der Waals surface area contributed by atoms with E-state index in [-0.39, 0.29) is 11.7 Å². The van der Waals surface area contributed by atoms with Gasteiger partial charge in [-0.3, -0.25) is 10.2 Å². The number of hydrazine groups is 1. The van der Waals surface area contributed by atoms with E-state index in [4.69, 9.17) is 0 Å². The molecule has 0 aromatic carbocycles. The number of nitrogens with one attached hydrogen (secondary N) is 2. The van der Waals surface area contributed by atoms with Crippen LogP contribution >= 0.6 is 12.6 Å². The smallest absolute Gasteiger partial charge is 0.243 e. The van der Waals surface area contributed by atoms with E-state index < -0.39 is 0 Å². The number of carbonyl (C=O) groups excluding carboxylic acids is 1. The summed E-state index contributed by atoms with van der Waals surface area (Å²) < 4.78 is 0. The first-order chi connectivity index (χ1) is 7.83. The minimum Gasteiger partial charge on any atom is -0.291 e. The van der Waals surface area contributed by atoms with Gasteiger partial charge in [0.2, 0.25) is 5.91 Å². The normalized spacial score (nSPS) is 20.3. The van der Waals surface area contributed by atoms with Gasteiger partial charge in [0.1, 0.15) is 0 Å². The molecule has 0 bridgehead atoms. The summed E-state index contributed by atoms with van der Waals surface area (Å²) in [7, 11) is 0. The van der Waals surface area contributed by atoms with Crippen molar-refractivity contribution >= 4 is 18.5 Å². The molecule has 3 nitrogen and oxygen atoms in total. The SMILES string of the molecule is O=C(CS)NNC1CCCCCCCCC1. The summed E-state index contributed by atoms with van der Waals surface area (Å²) in [6.07, 6.45) is 11.7. The second-order valence-corrected chi connectivity index (χ2v) is 4.92. The minimum atomic E-state index is -0.0413. The number of thiol groups is 1. The Kier molecular flexibility index (Phi) is 7.68. The maximum absolute atomic E-state index is 11.1. The molecule has 94 valence electrons. The van der Waals surface area contributed by atoms with Crippen molar-refractivity contribution in [2.75, 3.05) is 5.75 Å². The molecule has 0 saturated heterocycles. The standard InChI is InChI=1S/C12H24N2OS/c15-12(10-16)14-13-11-8-6-4-2-1-3-5-7-9-11/h11,13,16H,1-10H2,(H,14,15). The molecule has 4 heteroatoms. The van der Waals surface area contributed by atoms with Crippen LogP contribution in [0.4, 0.5) is 0 Å². The molecule has 0 aromatic heterocycles. The van der Waals surface area contributed by atoms with E-state index in [1.807, 2.05) is 0 Å². The lowest BCUT2D eigenvalue weighted by Gasteiger charge is -2.20. The average molecular weight is 244 g/mol. The minimum absolute atomic E-state index is 0.0413. The number of hydrogen-bond acceptors (Lipinski definition) is 3. The van der Waals surface area contributed by atoms with Gasteiger partial charge in [-0.2, -0.15) is 12.6 Å². The zero-order chi connectivity index (χ0) is 11.6. The van der Waals surface area contributed by atoms with Crippen LogP contribution in [0.1, 0.15) is 57.8 Å². The van der Waals surface area contributed by atoms with Gasteiger partial charge in [-0.25, -0.2) is 5.43 Å². The monoisotopic (exact) mass is 244 g/mol. The molecule has 0 aliphatic heterocycles. The number of rotatable bonds is 3. The molecule has 0 aromatic rings. The zero-order valence-electron chi connectivity index (χ0n) is 10.0. The van der Waals surface area contributed by atoms with Crippen molar-refractivity contribution in [3.63, 3.8) is 0 Å². The molecule has 1 aliphatic carbocycles. The van der Waals surface area contributed by atoms with Crippen molar-refractivity contribution in [2.24, 2.45) is 0 Å². The molecule has 2 N–H and O–H groups in total. The molecule has 16 heavy (non-hydrogen) atoms. The lowest BCUT2D eigenvalue weighted by molar-refractivity contribution is -0.119. The molecule has 1 saturated carbocycles. The molecule has 0 spiro atoms. The first-order valence-electron chi connectivity index (χ1n) is 6.48. The molecular formula is C12H24N2OS. The summed E-state index contributed by atoms with van der Waals surface area (Å²) in [5.74, 6) is 0.208. The molecule has 0 heterocycles. The van der Waals surface area contributed by atoms with Crippen LogP contribution in [0.5, 0.6) is 0 Å². The van der Waals surface area contributed by atoms with Gasteiger partial charge in [-0.15, -0.1) is 0 Å². The Bertz CT molecular complexity index is 189. The Labute approximate surface area is 104 Å². The summed E-state index contributed by atoms with van der Waals surface area (Å²) >= 11 is 3.93. The fourth-order valence-electron chi connectivity index (χ4n) is 2.18. The van der Waals surface area contributed by atoms with E-state index in [1.165, 1.54) is 57.8 Å². The number of amides is 1. The highest BCUT2D eigenvalue weighted by Crippen LogP contribution is 2.16. The average Bonchev–Trinajstić information content (AvgIpc) is 2.33. The third-order valence-electron chi connectivity index (χ3n) is 3.16. The zero-order valence-corrected chi connectivity index (χ0v) is 10.9.